The predicted octanol–water partition coefficient (Wildman–Crippen LogP) is 4.41. The van der Waals surface area contributed by atoms with E-state index in [2.05, 4.69) is 10.3 Å². The van der Waals surface area contributed by atoms with Crippen LogP contribution in [-0.2, 0) is 20.7 Å². The Morgan fingerprint density at radius 2 is 2.00 bits per heavy atom. The molecule has 2 rings (SSSR count). The van der Waals surface area contributed by atoms with Gasteiger partial charge in [-0.1, -0.05) is 0 Å². The fourth-order valence-electron chi connectivity index (χ4n) is 3.19. The van der Waals surface area contributed by atoms with Crippen molar-refractivity contribution >= 4 is 23.0 Å². The first kappa shape index (κ1) is 24.4. The molecular weight excluding hydrogens is 403 g/mol. The van der Waals surface area contributed by atoms with Crippen LogP contribution in [0.3, 0.4) is 0 Å². The summed E-state index contributed by atoms with van der Waals surface area (Å²) >= 11 is 0. The van der Waals surface area contributed by atoms with Gasteiger partial charge in [0.2, 0.25) is 0 Å². The maximum atomic E-state index is 14.5. The molecular formula is C23H31FN2O5. The van der Waals surface area contributed by atoms with E-state index in [1.54, 1.807) is 53.0 Å². The minimum Gasteiger partial charge on any atom is -0.497 e. The summed E-state index contributed by atoms with van der Waals surface area (Å²) in [6.07, 6.45) is 1.95. The largest absolute Gasteiger partial charge is 0.497 e. The van der Waals surface area contributed by atoms with E-state index in [-0.39, 0.29) is 13.2 Å². The Balaban J connectivity index is 2.07. The van der Waals surface area contributed by atoms with E-state index >= 15 is 0 Å². The van der Waals surface area contributed by atoms with Gasteiger partial charge in [-0.25, -0.2) is 9.18 Å². The summed E-state index contributed by atoms with van der Waals surface area (Å²) in [6.45, 7) is 7.34. The lowest BCUT2D eigenvalue weighted by Gasteiger charge is -2.21. The number of alkyl carbamates (subject to hydrolysis) is 1. The van der Waals surface area contributed by atoms with Crippen molar-refractivity contribution in [3.63, 3.8) is 0 Å². The van der Waals surface area contributed by atoms with Gasteiger partial charge in [0.05, 0.1) is 31.3 Å². The van der Waals surface area contributed by atoms with E-state index in [0.717, 1.165) is 0 Å². The van der Waals surface area contributed by atoms with Crippen molar-refractivity contribution in [3.8, 4) is 5.75 Å². The van der Waals surface area contributed by atoms with Crippen LogP contribution in [0, 0.1) is 11.7 Å². The molecule has 1 atom stereocenters. The van der Waals surface area contributed by atoms with Crippen LogP contribution in [0.1, 0.15) is 46.1 Å². The molecule has 0 aliphatic heterocycles. The Bertz CT molecular complexity index is 911. The molecule has 8 heteroatoms. The minimum atomic E-state index is -0.634. The zero-order chi connectivity index (χ0) is 23.0. The molecule has 2 aromatic rings. The number of rotatable bonds is 9. The maximum Gasteiger partial charge on any atom is 0.407 e. The Labute approximate surface area is 182 Å². The number of aryl methyl sites for hydroxylation is 1. The first-order chi connectivity index (χ1) is 14.6. The van der Waals surface area contributed by atoms with Gasteiger partial charge in [-0.2, -0.15) is 0 Å². The number of carbonyl (C=O) groups excluding carboxylic acids is 2. The lowest BCUT2D eigenvalue weighted by molar-refractivity contribution is -0.148. The molecule has 7 nitrogen and oxygen atoms in total. The molecule has 1 unspecified atom stereocenters. The van der Waals surface area contributed by atoms with Crippen molar-refractivity contribution in [2.24, 2.45) is 5.92 Å². The van der Waals surface area contributed by atoms with Crippen LogP contribution in [0.2, 0.25) is 0 Å². The quantitative estimate of drug-likeness (QED) is 0.589. The first-order valence-electron chi connectivity index (χ1n) is 10.4. The third-order valence-electron chi connectivity index (χ3n) is 4.63. The Hall–Kier alpha value is -2.90. The molecule has 0 aliphatic carbocycles. The molecule has 0 saturated heterocycles. The highest BCUT2D eigenvalue weighted by molar-refractivity contribution is 5.83. The van der Waals surface area contributed by atoms with E-state index in [0.29, 0.717) is 41.5 Å². The van der Waals surface area contributed by atoms with Crippen LogP contribution in [0.15, 0.2) is 24.4 Å². The lowest BCUT2D eigenvalue weighted by atomic mass is 9.97. The number of pyridine rings is 1. The number of benzene rings is 1. The molecule has 1 N–H and O–H groups in total. The number of nitrogens with zero attached hydrogens (tertiary/aromatic N) is 1. The summed E-state index contributed by atoms with van der Waals surface area (Å²) < 4.78 is 30.1. The third kappa shape index (κ3) is 7.38. The molecule has 0 fully saturated rings. The molecule has 0 bridgehead atoms. The van der Waals surface area contributed by atoms with Crippen molar-refractivity contribution in [1.82, 2.24) is 10.3 Å². The molecule has 0 saturated carbocycles. The number of aromatic nitrogens is 1. The smallest absolute Gasteiger partial charge is 0.407 e. The number of hydrogen-bond donors (Lipinski definition) is 1. The summed E-state index contributed by atoms with van der Waals surface area (Å²) in [5.41, 5.74) is 0.558. The number of hydrogen-bond acceptors (Lipinski definition) is 6. The molecule has 1 aromatic carbocycles. The van der Waals surface area contributed by atoms with Gasteiger partial charge in [0.1, 0.15) is 17.2 Å². The number of esters is 1. The number of amides is 1. The molecule has 1 aromatic heterocycles. The molecule has 31 heavy (non-hydrogen) atoms. The number of methoxy groups -OCH3 is 1. The number of carbonyl (C=O) groups is 2. The average molecular weight is 435 g/mol. The van der Waals surface area contributed by atoms with Gasteiger partial charge in [0.25, 0.3) is 0 Å². The van der Waals surface area contributed by atoms with E-state index < -0.39 is 29.4 Å². The molecule has 1 heterocycles. The maximum absolute atomic E-state index is 14.5. The monoisotopic (exact) mass is 434 g/mol. The average Bonchev–Trinajstić information content (AvgIpc) is 2.70. The van der Waals surface area contributed by atoms with Crippen molar-refractivity contribution in [2.45, 2.75) is 52.6 Å². The van der Waals surface area contributed by atoms with E-state index in [9.17, 15) is 14.0 Å². The van der Waals surface area contributed by atoms with Crippen molar-refractivity contribution < 1.29 is 28.2 Å². The Morgan fingerprint density at radius 1 is 1.26 bits per heavy atom. The van der Waals surface area contributed by atoms with E-state index in [1.807, 2.05) is 0 Å². The van der Waals surface area contributed by atoms with Gasteiger partial charge in [-0.05, 0) is 70.7 Å². The predicted molar refractivity (Wildman–Crippen MR) is 116 cm³/mol. The van der Waals surface area contributed by atoms with Crippen LogP contribution in [0.25, 0.3) is 10.9 Å². The Kier molecular flexibility index (Phi) is 8.59. The van der Waals surface area contributed by atoms with E-state index in [4.69, 9.17) is 14.2 Å². The topological polar surface area (TPSA) is 86.8 Å². The number of halogens is 1. The third-order valence-corrected chi connectivity index (χ3v) is 4.63. The highest BCUT2D eigenvalue weighted by atomic mass is 19.1. The molecule has 0 spiro atoms. The van der Waals surface area contributed by atoms with Gasteiger partial charge in [-0.15, -0.1) is 0 Å². The summed E-state index contributed by atoms with van der Waals surface area (Å²) in [5.74, 6) is -0.745. The second-order valence-electron chi connectivity index (χ2n) is 8.19. The second kappa shape index (κ2) is 10.9. The molecule has 1 amide bonds. The van der Waals surface area contributed by atoms with Crippen molar-refractivity contribution in [2.75, 3.05) is 20.3 Å². The molecule has 170 valence electrons. The van der Waals surface area contributed by atoms with Crippen molar-refractivity contribution in [3.05, 3.63) is 35.8 Å². The Morgan fingerprint density at radius 3 is 2.65 bits per heavy atom. The molecule has 0 radical (unpaired) electrons. The highest BCUT2D eigenvalue weighted by Gasteiger charge is 2.23. The summed E-state index contributed by atoms with van der Waals surface area (Å²) in [6, 6.07) is 5.31. The summed E-state index contributed by atoms with van der Waals surface area (Å²) in [7, 11) is 1.55. The fraction of sp³-hybridized carbons (Fsp3) is 0.522. The van der Waals surface area contributed by atoms with Gasteiger partial charge >= 0.3 is 12.1 Å². The zero-order valence-electron chi connectivity index (χ0n) is 18.8. The lowest BCUT2D eigenvalue weighted by Crippen LogP contribution is -2.37. The number of fused-ring (bicyclic) bond motifs is 1. The zero-order valence-corrected chi connectivity index (χ0v) is 18.8. The fourth-order valence-corrected chi connectivity index (χ4v) is 3.19. The number of ether oxygens (including phenoxy) is 3. The van der Waals surface area contributed by atoms with Gasteiger partial charge in [-0.3, -0.25) is 9.78 Å². The van der Waals surface area contributed by atoms with Gasteiger partial charge in [0, 0.05) is 11.9 Å². The van der Waals surface area contributed by atoms with Crippen LogP contribution in [-0.4, -0.2) is 42.9 Å². The number of nitrogens with one attached hydrogen (secondary N) is 1. The van der Waals surface area contributed by atoms with Gasteiger partial charge < -0.3 is 19.5 Å². The van der Waals surface area contributed by atoms with Crippen LogP contribution >= 0.6 is 0 Å². The second-order valence-corrected chi connectivity index (χ2v) is 8.19. The van der Waals surface area contributed by atoms with E-state index in [1.165, 1.54) is 6.20 Å². The minimum absolute atomic E-state index is 0.0845. The SMILES string of the molecule is CCOC(=O)C(CCCc1c(F)cnc2ccc(OC)cc12)CNC(=O)OC(C)(C)C. The highest BCUT2D eigenvalue weighted by Crippen LogP contribution is 2.26. The van der Waals surface area contributed by atoms with Crippen LogP contribution in [0.5, 0.6) is 5.75 Å². The van der Waals surface area contributed by atoms with Crippen LogP contribution in [0.4, 0.5) is 9.18 Å². The summed E-state index contributed by atoms with van der Waals surface area (Å²) in [4.78, 5) is 28.4. The van der Waals surface area contributed by atoms with Crippen LogP contribution < -0.4 is 10.1 Å². The van der Waals surface area contributed by atoms with Gasteiger partial charge in [0.15, 0.2) is 0 Å². The summed E-state index contributed by atoms with van der Waals surface area (Å²) in [5, 5.41) is 3.30. The normalized spacial score (nSPS) is 12.3. The van der Waals surface area contributed by atoms with Crippen molar-refractivity contribution in [1.29, 1.82) is 0 Å². The first-order valence-corrected chi connectivity index (χ1v) is 10.4. The molecule has 0 aliphatic rings. The standard InChI is InChI=1S/C23H31FN2O5/c1-6-30-21(27)15(13-26-22(28)31-23(2,3)4)8-7-9-17-18-12-16(29-5)10-11-20(18)25-14-19(17)24/h10-12,14-15H,6-9,13H2,1-5H3,(H,26,28).